The molecule has 5 nitrogen and oxygen atoms in total. The maximum atomic E-state index is 12.8. The van der Waals surface area contributed by atoms with Gasteiger partial charge in [0.05, 0.1) is 0 Å². The summed E-state index contributed by atoms with van der Waals surface area (Å²) in [5, 5.41) is 0. The van der Waals surface area contributed by atoms with Gasteiger partial charge in [0.1, 0.15) is 5.75 Å². The number of hydrogen-bond acceptors (Lipinski definition) is 3. The Hall–Kier alpha value is -2.34. The number of benzene rings is 2. The number of ether oxygens (including phenoxy) is 1. The van der Waals surface area contributed by atoms with Gasteiger partial charge < -0.3 is 15.4 Å². The minimum Gasteiger partial charge on any atom is -0.483 e. The van der Waals surface area contributed by atoms with Gasteiger partial charge >= 0.3 is 0 Å². The molecule has 0 fully saturated rings. The van der Waals surface area contributed by atoms with E-state index < -0.39 is 5.91 Å². The minimum absolute atomic E-state index is 0.0851. The van der Waals surface area contributed by atoms with E-state index in [1.807, 2.05) is 48.5 Å². The van der Waals surface area contributed by atoms with Gasteiger partial charge in [0.2, 0.25) is 5.91 Å². The SMILES string of the molecule is CC(C)(C)c1cc(Br)ccc1OCC(=O)N(CCC(N)=O)CCc1ccccc1. The third-order valence-corrected chi connectivity index (χ3v) is 5.09. The predicted octanol–water partition coefficient (Wildman–Crippen LogP) is 4.07. The molecule has 0 aromatic heterocycles. The summed E-state index contributed by atoms with van der Waals surface area (Å²) < 4.78 is 6.86. The van der Waals surface area contributed by atoms with Gasteiger partial charge in [-0.1, -0.05) is 67.0 Å². The molecule has 2 amide bonds. The summed E-state index contributed by atoms with van der Waals surface area (Å²) in [6, 6.07) is 15.7. The lowest BCUT2D eigenvalue weighted by molar-refractivity contribution is -0.133. The van der Waals surface area contributed by atoms with Crippen LogP contribution < -0.4 is 10.5 Å². The molecular weight excluding hydrogens is 432 g/mol. The largest absolute Gasteiger partial charge is 0.483 e. The Kier molecular flexibility index (Phi) is 8.26. The second-order valence-electron chi connectivity index (χ2n) is 8.01. The van der Waals surface area contributed by atoms with E-state index >= 15 is 0 Å². The first-order chi connectivity index (χ1) is 13.7. The number of rotatable bonds is 9. The molecule has 156 valence electrons. The number of carbonyl (C=O) groups is 2. The Morgan fingerprint density at radius 3 is 2.38 bits per heavy atom. The van der Waals surface area contributed by atoms with Crippen LogP contribution in [0.3, 0.4) is 0 Å². The Morgan fingerprint density at radius 1 is 1.07 bits per heavy atom. The van der Waals surface area contributed by atoms with Gasteiger partial charge in [-0.25, -0.2) is 0 Å². The van der Waals surface area contributed by atoms with Gasteiger partial charge in [-0.15, -0.1) is 0 Å². The smallest absolute Gasteiger partial charge is 0.260 e. The van der Waals surface area contributed by atoms with Crippen molar-refractivity contribution in [3.05, 3.63) is 64.1 Å². The van der Waals surface area contributed by atoms with Gasteiger partial charge in [-0.2, -0.15) is 0 Å². The fraction of sp³-hybridized carbons (Fsp3) is 0.391. The molecule has 6 heteroatoms. The van der Waals surface area contributed by atoms with Crippen LogP contribution in [0.1, 0.15) is 38.3 Å². The Balaban J connectivity index is 2.06. The molecule has 2 rings (SSSR count). The van der Waals surface area contributed by atoms with Crippen molar-refractivity contribution in [2.24, 2.45) is 5.73 Å². The lowest BCUT2D eigenvalue weighted by Gasteiger charge is -2.25. The summed E-state index contributed by atoms with van der Waals surface area (Å²) in [6.45, 7) is 7.01. The van der Waals surface area contributed by atoms with E-state index in [1.165, 1.54) is 0 Å². The van der Waals surface area contributed by atoms with Crippen molar-refractivity contribution in [3.63, 3.8) is 0 Å². The zero-order valence-corrected chi connectivity index (χ0v) is 18.9. The highest BCUT2D eigenvalue weighted by atomic mass is 79.9. The molecule has 2 aromatic rings. The normalized spacial score (nSPS) is 11.2. The molecule has 0 heterocycles. The van der Waals surface area contributed by atoms with Crippen molar-refractivity contribution in [1.82, 2.24) is 4.90 Å². The summed E-state index contributed by atoms with van der Waals surface area (Å²) >= 11 is 3.49. The fourth-order valence-electron chi connectivity index (χ4n) is 2.96. The van der Waals surface area contributed by atoms with Gasteiger partial charge in [0.15, 0.2) is 6.61 Å². The zero-order chi connectivity index (χ0) is 21.4. The summed E-state index contributed by atoms with van der Waals surface area (Å²) in [6.07, 6.45) is 0.836. The average molecular weight is 461 g/mol. The van der Waals surface area contributed by atoms with Crippen LogP contribution in [0.5, 0.6) is 5.75 Å². The molecule has 0 radical (unpaired) electrons. The van der Waals surface area contributed by atoms with E-state index in [9.17, 15) is 9.59 Å². The zero-order valence-electron chi connectivity index (χ0n) is 17.3. The van der Waals surface area contributed by atoms with Crippen LogP contribution in [0, 0.1) is 0 Å². The van der Waals surface area contributed by atoms with E-state index in [-0.39, 0.29) is 30.9 Å². The van der Waals surface area contributed by atoms with Crippen molar-refractivity contribution in [2.75, 3.05) is 19.7 Å². The third kappa shape index (κ3) is 7.54. The van der Waals surface area contributed by atoms with Gasteiger partial charge in [0.25, 0.3) is 5.91 Å². The van der Waals surface area contributed by atoms with Crippen molar-refractivity contribution >= 4 is 27.7 Å². The maximum absolute atomic E-state index is 12.8. The second-order valence-corrected chi connectivity index (χ2v) is 8.93. The maximum Gasteiger partial charge on any atom is 0.260 e. The van der Waals surface area contributed by atoms with Crippen LogP contribution in [-0.4, -0.2) is 36.4 Å². The third-order valence-electron chi connectivity index (χ3n) is 4.59. The molecule has 2 N–H and O–H groups in total. The molecule has 0 saturated heterocycles. The van der Waals surface area contributed by atoms with Crippen molar-refractivity contribution < 1.29 is 14.3 Å². The Labute approximate surface area is 181 Å². The fourth-order valence-corrected chi connectivity index (χ4v) is 3.32. The quantitative estimate of drug-likeness (QED) is 0.612. The van der Waals surface area contributed by atoms with E-state index in [0.29, 0.717) is 18.7 Å². The number of amides is 2. The van der Waals surface area contributed by atoms with Gasteiger partial charge in [0, 0.05) is 29.5 Å². The standard InChI is InChI=1S/C23H29BrN2O3/c1-23(2,3)19-15-18(24)9-10-20(19)29-16-22(28)26(14-12-21(25)27)13-11-17-7-5-4-6-8-17/h4-10,15H,11-14,16H2,1-3H3,(H2,25,27). The number of nitrogens with zero attached hydrogens (tertiary/aromatic N) is 1. The number of halogens is 1. The first kappa shape index (κ1) is 22.9. The van der Waals surface area contributed by atoms with Crippen LogP contribution in [-0.2, 0) is 21.4 Å². The first-order valence-electron chi connectivity index (χ1n) is 9.69. The summed E-state index contributed by atoms with van der Waals surface area (Å²) in [5.41, 5.74) is 7.31. The molecule has 29 heavy (non-hydrogen) atoms. The van der Waals surface area contributed by atoms with Crippen molar-refractivity contribution in [1.29, 1.82) is 0 Å². The van der Waals surface area contributed by atoms with Crippen LogP contribution in [0.4, 0.5) is 0 Å². The molecule has 0 unspecified atom stereocenters. The first-order valence-corrected chi connectivity index (χ1v) is 10.5. The number of hydrogen-bond donors (Lipinski definition) is 1. The Bertz CT molecular complexity index is 832. The summed E-state index contributed by atoms with van der Waals surface area (Å²) in [4.78, 5) is 25.7. The molecule has 0 aliphatic rings. The molecule has 0 saturated carbocycles. The average Bonchev–Trinajstić information content (AvgIpc) is 2.66. The highest BCUT2D eigenvalue weighted by Gasteiger charge is 2.21. The predicted molar refractivity (Wildman–Crippen MR) is 119 cm³/mol. The topological polar surface area (TPSA) is 72.6 Å². The highest BCUT2D eigenvalue weighted by Crippen LogP contribution is 2.33. The van der Waals surface area contributed by atoms with Crippen molar-refractivity contribution in [2.45, 2.75) is 39.0 Å². The highest BCUT2D eigenvalue weighted by molar-refractivity contribution is 9.10. The number of carbonyl (C=O) groups excluding carboxylic acids is 2. The van der Waals surface area contributed by atoms with Crippen LogP contribution >= 0.6 is 15.9 Å². The lowest BCUT2D eigenvalue weighted by Crippen LogP contribution is -2.38. The van der Waals surface area contributed by atoms with Gasteiger partial charge in [-0.05, 0) is 35.6 Å². The lowest BCUT2D eigenvalue weighted by atomic mass is 9.86. The van der Waals surface area contributed by atoms with E-state index in [2.05, 4.69) is 36.7 Å². The summed E-state index contributed by atoms with van der Waals surface area (Å²) in [5.74, 6) is 0.100. The number of nitrogens with two attached hydrogens (primary N) is 1. The Morgan fingerprint density at radius 2 is 1.76 bits per heavy atom. The second kappa shape index (κ2) is 10.4. The van der Waals surface area contributed by atoms with E-state index in [0.717, 1.165) is 15.6 Å². The molecule has 0 aliphatic carbocycles. The van der Waals surface area contributed by atoms with Crippen molar-refractivity contribution in [3.8, 4) is 5.75 Å². The molecule has 2 aromatic carbocycles. The summed E-state index contributed by atoms with van der Waals surface area (Å²) in [7, 11) is 0. The van der Waals surface area contributed by atoms with Crippen LogP contribution in [0.25, 0.3) is 0 Å². The van der Waals surface area contributed by atoms with Gasteiger partial charge in [-0.3, -0.25) is 9.59 Å². The molecule has 0 bridgehead atoms. The minimum atomic E-state index is -0.425. The molecule has 0 aliphatic heterocycles. The van der Waals surface area contributed by atoms with E-state index in [4.69, 9.17) is 10.5 Å². The van der Waals surface area contributed by atoms with Crippen LogP contribution in [0.2, 0.25) is 0 Å². The molecule has 0 atom stereocenters. The molecule has 0 spiro atoms. The molecular formula is C23H29BrN2O3. The van der Waals surface area contributed by atoms with Crippen LogP contribution in [0.15, 0.2) is 53.0 Å². The monoisotopic (exact) mass is 460 g/mol. The number of primary amides is 1. The van der Waals surface area contributed by atoms with E-state index in [1.54, 1.807) is 4.90 Å².